The number of nitrogens with one attached hydrogen (secondary N) is 1. The minimum atomic E-state index is 0.522. The van der Waals surface area contributed by atoms with Crippen molar-refractivity contribution in [3.05, 3.63) is 41.1 Å². The molecule has 2 rings (SSSR count). The van der Waals surface area contributed by atoms with E-state index in [2.05, 4.69) is 15.5 Å². The molecule has 5 heteroatoms. The van der Waals surface area contributed by atoms with E-state index < -0.39 is 0 Å². The van der Waals surface area contributed by atoms with Crippen molar-refractivity contribution in [3.63, 3.8) is 0 Å². The average molecular weight is 238 g/mol. The maximum atomic E-state index is 5.78. The number of nitrogens with zero attached hydrogens (tertiary/aromatic N) is 2. The Morgan fingerprint density at radius 2 is 1.88 bits per heavy atom. The average Bonchev–Trinajstić information content (AvgIpc) is 2.76. The Hall–Kier alpha value is -1.55. The smallest absolute Gasteiger partial charge is 0.235 e. The summed E-state index contributed by atoms with van der Waals surface area (Å²) in [7, 11) is 0. The first-order valence-electron chi connectivity index (χ1n) is 5.08. The molecular weight excluding hydrogens is 226 g/mol. The van der Waals surface area contributed by atoms with Crippen LogP contribution in [-0.2, 0) is 13.0 Å². The van der Waals surface area contributed by atoms with Gasteiger partial charge in [-0.15, -0.1) is 10.2 Å². The zero-order valence-electron chi connectivity index (χ0n) is 8.90. The van der Waals surface area contributed by atoms with Crippen LogP contribution >= 0.6 is 11.6 Å². The van der Waals surface area contributed by atoms with Gasteiger partial charge in [0.15, 0.2) is 0 Å². The van der Waals surface area contributed by atoms with Gasteiger partial charge >= 0.3 is 0 Å². The highest BCUT2D eigenvalue weighted by Crippen LogP contribution is 2.14. The number of hydrogen-bond acceptors (Lipinski definition) is 4. The van der Waals surface area contributed by atoms with Crippen molar-refractivity contribution >= 4 is 17.3 Å². The lowest BCUT2D eigenvalue weighted by Gasteiger charge is -2.02. The third-order valence-corrected chi connectivity index (χ3v) is 2.35. The largest absolute Gasteiger partial charge is 0.423 e. The van der Waals surface area contributed by atoms with Crippen molar-refractivity contribution < 1.29 is 4.42 Å². The van der Waals surface area contributed by atoms with Gasteiger partial charge in [0.25, 0.3) is 0 Å². The molecule has 1 heterocycles. The molecule has 0 aliphatic heterocycles. The molecule has 84 valence electrons. The molecule has 0 saturated heterocycles. The molecule has 1 aromatic heterocycles. The summed E-state index contributed by atoms with van der Waals surface area (Å²) in [4.78, 5) is 0. The summed E-state index contributed by atoms with van der Waals surface area (Å²) < 4.78 is 5.37. The van der Waals surface area contributed by atoms with E-state index in [1.165, 1.54) is 0 Å². The predicted octanol–water partition coefficient (Wildman–Crippen LogP) is 2.90. The van der Waals surface area contributed by atoms with Crippen molar-refractivity contribution in [3.8, 4) is 0 Å². The summed E-state index contributed by atoms with van der Waals surface area (Å²) in [5.41, 5.74) is 0.973. The minimum absolute atomic E-state index is 0.522. The van der Waals surface area contributed by atoms with E-state index in [1.807, 2.05) is 31.2 Å². The maximum Gasteiger partial charge on any atom is 0.235 e. The molecule has 0 amide bonds. The second-order valence-corrected chi connectivity index (χ2v) is 3.74. The van der Waals surface area contributed by atoms with Gasteiger partial charge in [-0.25, -0.2) is 0 Å². The molecule has 16 heavy (non-hydrogen) atoms. The minimum Gasteiger partial charge on any atom is -0.423 e. The molecule has 0 spiro atoms. The Bertz CT molecular complexity index is 453. The Morgan fingerprint density at radius 1 is 1.19 bits per heavy atom. The first-order valence-corrected chi connectivity index (χ1v) is 5.46. The number of benzene rings is 1. The van der Waals surface area contributed by atoms with Gasteiger partial charge in [-0.2, -0.15) is 0 Å². The normalized spacial score (nSPS) is 10.4. The fourth-order valence-corrected chi connectivity index (χ4v) is 1.37. The molecule has 0 atom stereocenters. The summed E-state index contributed by atoms with van der Waals surface area (Å²) in [6, 6.07) is 7.46. The standard InChI is InChI=1S/C11H12ClN3O/c1-2-10-14-15-11(16-10)7-13-9-5-3-8(12)4-6-9/h3-6,13H,2,7H2,1H3. The van der Waals surface area contributed by atoms with Crippen LogP contribution in [0.4, 0.5) is 5.69 Å². The number of aryl methyl sites for hydroxylation is 1. The van der Waals surface area contributed by atoms with Crippen molar-refractivity contribution in [1.82, 2.24) is 10.2 Å². The Kier molecular flexibility index (Phi) is 3.41. The van der Waals surface area contributed by atoms with Crippen molar-refractivity contribution in [2.24, 2.45) is 0 Å². The summed E-state index contributed by atoms with van der Waals surface area (Å²) in [5.74, 6) is 1.25. The van der Waals surface area contributed by atoms with Gasteiger partial charge in [-0.05, 0) is 24.3 Å². The van der Waals surface area contributed by atoms with E-state index in [0.29, 0.717) is 18.3 Å². The van der Waals surface area contributed by atoms with Gasteiger partial charge in [0, 0.05) is 17.1 Å². The lowest BCUT2D eigenvalue weighted by Crippen LogP contribution is -1.99. The highest BCUT2D eigenvalue weighted by atomic mass is 35.5. The second kappa shape index (κ2) is 4.99. The van der Waals surface area contributed by atoms with E-state index in [4.69, 9.17) is 16.0 Å². The monoisotopic (exact) mass is 237 g/mol. The van der Waals surface area contributed by atoms with Crippen LogP contribution in [0.15, 0.2) is 28.7 Å². The fraction of sp³-hybridized carbons (Fsp3) is 0.273. The number of rotatable bonds is 4. The summed E-state index contributed by atoms with van der Waals surface area (Å²) in [6.07, 6.45) is 0.758. The molecule has 0 unspecified atom stereocenters. The first-order chi connectivity index (χ1) is 7.78. The molecule has 1 aromatic carbocycles. The van der Waals surface area contributed by atoms with Crippen LogP contribution in [0.3, 0.4) is 0 Å². The van der Waals surface area contributed by atoms with Crippen LogP contribution in [0, 0.1) is 0 Å². The quantitative estimate of drug-likeness (QED) is 0.888. The molecule has 0 bridgehead atoms. The fourth-order valence-electron chi connectivity index (χ4n) is 1.25. The van der Waals surface area contributed by atoms with Crippen LogP contribution in [-0.4, -0.2) is 10.2 Å². The number of hydrogen-bond donors (Lipinski definition) is 1. The lowest BCUT2D eigenvalue weighted by molar-refractivity contribution is 0.460. The maximum absolute atomic E-state index is 5.78. The Labute approximate surface area is 98.6 Å². The molecule has 0 fully saturated rings. The predicted molar refractivity (Wildman–Crippen MR) is 62.5 cm³/mol. The second-order valence-electron chi connectivity index (χ2n) is 3.30. The van der Waals surface area contributed by atoms with Crippen LogP contribution in [0.25, 0.3) is 0 Å². The van der Waals surface area contributed by atoms with Crippen molar-refractivity contribution in [2.45, 2.75) is 19.9 Å². The van der Waals surface area contributed by atoms with Gasteiger partial charge in [0.2, 0.25) is 11.8 Å². The number of aromatic nitrogens is 2. The van der Waals surface area contributed by atoms with Gasteiger partial charge < -0.3 is 9.73 Å². The van der Waals surface area contributed by atoms with E-state index in [1.54, 1.807) is 0 Å². The van der Waals surface area contributed by atoms with E-state index in [9.17, 15) is 0 Å². The van der Waals surface area contributed by atoms with Crippen LogP contribution in [0.5, 0.6) is 0 Å². The molecule has 0 aliphatic carbocycles. The van der Waals surface area contributed by atoms with Crippen LogP contribution in [0.2, 0.25) is 5.02 Å². The summed E-state index contributed by atoms with van der Waals surface area (Å²) in [5, 5.41) is 11.7. The molecular formula is C11H12ClN3O. The topological polar surface area (TPSA) is 51.0 Å². The van der Waals surface area contributed by atoms with E-state index in [0.717, 1.165) is 17.1 Å². The Balaban J connectivity index is 1.94. The molecule has 0 aliphatic rings. The van der Waals surface area contributed by atoms with Crippen molar-refractivity contribution in [2.75, 3.05) is 5.32 Å². The van der Waals surface area contributed by atoms with E-state index in [-0.39, 0.29) is 0 Å². The molecule has 1 N–H and O–H groups in total. The lowest BCUT2D eigenvalue weighted by atomic mass is 10.3. The molecule has 0 radical (unpaired) electrons. The van der Waals surface area contributed by atoms with Crippen LogP contribution < -0.4 is 5.32 Å². The Morgan fingerprint density at radius 3 is 2.50 bits per heavy atom. The highest BCUT2D eigenvalue weighted by molar-refractivity contribution is 6.30. The van der Waals surface area contributed by atoms with Gasteiger partial charge in [-0.3, -0.25) is 0 Å². The molecule has 0 saturated carbocycles. The first kappa shape index (κ1) is 11.0. The number of anilines is 1. The summed E-state index contributed by atoms with van der Waals surface area (Å²) >= 11 is 5.78. The van der Waals surface area contributed by atoms with E-state index >= 15 is 0 Å². The highest BCUT2D eigenvalue weighted by Gasteiger charge is 2.03. The SMILES string of the molecule is CCc1nnc(CNc2ccc(Cl)cc2)o1. The van der Waals surface area contributed by atoms with Crippen LogP contribution in [0.1, 0.15) is 18.7 Å². The molecule has 2 aromatic rings. The van der Waals surface area contributed by atoms with Crippen molar-refractivity contribution in [1.29, 1.82) is 0 Å². The third kappa shape index (κ3) is 2.73. The summed E-state index contributed by atoms with van der Waals surface area (Å²) in [6.45, 7) is 2.50. The van der Waals surface area contributed by atoms with Gasteiger partial charge in [0.1, 0.15) is 0 Å². The third-order valence-electron chi connectivity index (χ3n) is 2.10. The zero-order chi connectivity index (χ0) is 11.4. The molecule has 4 nitrogen and oxygen atoms in total. The zero-order valence-corrected chi connectivity index (χ0v) is 9.66. The van der Waals surface area contributed by atoms with Gasteiger partial charge in [0.05, 0.1) is 6.54 Å². The number of halogens is 1. The van der Waals surface area contributed by atoms with Gasteiger partial charge in [-0.1, -0.05) is 18.5 Å².